The van der Waals surface area contributed by atoms with E-state index in [4.69, 9.17) is 4.74 Å². The van der Waals surface area contributed by atoms with Crippen LogP contribution in [0.1, 0.15) is 44.7 Å². The highest BCUT2D eigenvalue weighted by Gasteiger charge is 2.15. The fourth-order valence-electron chi connectivity index (χ4n) is 3.44. The summed E-state index contributed by atoms with van der Waals surface area (Å²) in [5.41, 5.74) is 12.0. The molecular formula is C26H35N5O3. The molecule has 2 amide bonds. The molecule has 3 rings (SSSR count). The minimum atomic E-state index is -0.340. The molecule has 1 aliphatic rings. The van der Waals surface area contributed by atoms with E-state index in [1.807, 2.05) is 51.2 Å². The Morgan fingerprint density at radius 2 is 1.74 bits per heavy atom. The Labute approximate surface area is 201 Å². The monoisotopic (exact) mass is 465 g/mol. The van der Waals surface area contributed by atoms with E-state index in [1.54, 1.807) is 7.11 Å². The number of carbonyl (C=O) groups excluding carboxylic acids is 2. The molecule has 8 heteroatoms. The Kier molecular flexibility index (Phi) is 8.54. The quantitative estimate of drug-likeness (QED) is 0.267. The van der Waals surface area contributed by atoms with Gasteiger partial charge in [0.15, 0.2) is 0 Å². The molecule has 8 nitrogen and oxygen atoms in total. The second-order valence-corrected chi connectivity index (χ2v) is 9.57. The van der Waals surface area contributed by atoms with Crippen LogP contribution in [-0.2, 0) is 20.7 Å². The first-order valence-corrected chi connectivity index (χ1v) is 11.5. The van der Waals surface area contributed by atoms with Crippen LogP contribution in [0.25, 0.3) is 5.70 Å². The summed E-state index contributed by atoms with van der Waals surface area (Å²) in [5, 5.41) is 8.97. The lowest BCUT2D eigenvalue weighted by Gasteiger charge is -2.22. The van der Waals surface area contributed by atoms with Gasteiger partial charge in [0, 0.05) is 43.4 Å². The topological polar surface area (TPSA) is 104 Å². The van der Waals surface area contributed by atoms with E-state index >= 15 is 0 Å². The number of hydrogen-bond donors (Lipinski definition) is 5. The summed E-state index contributed by atoms with van der Waals surface area (Å²) in [7, 11) is 1.72. The van der Waals surface area contributed by atoms with Crippen molar-refractivity contribution in [2.24, 2.45) is 5.41 Å². The molecule has 2 aromatic carbocycles. The van der Waals surface area contributed by atoms with E-state index in [9.17, 15) is 9.59 Å². The van der Waals surface area contributed by atoms with Crippen molar-refractivity contribution in [2.45, 2.75) is 40.0 Å². The fraction of sp³-hybridized carbons (Fsp3) is 0.385. The minimum absolute atomic E-state index is 0.0266. The Morgan fingerprint density at radius 1 is 1.00 bits per heavy atom. The molecule has 1 heterocycles. The molecule has 0 aromatic heterocycles. The number of anilines is 3. The number of carbonyl (C=O) groups is 2. The molecule has 0 aliphatic carbocycles. The Morgan fingerprint density at radius 3 is 2.44 bits per heavy atom. The van der Waals surface area contributed by atoms with Gasteiger partial charge in [-0.15, -0.1) is 0 Å². The number of fused-ring (bicyclic) bond motifs is 1. The van der Waals surface area contributed by atoms with Crippen molar-refractivity contribution in [3.8, 4) is 0 Å². The highest BCUT2D eigenvalue weighted by molar-refractivity contribution is 6.03. The number of aryl methyl sites for hydroxylation is 1. The van der Waals surface area contributed by atoms with Crippen LogP contribution in [-0.4, -0.2) is 32.1 Å². The number of benzene rings is 2. The summed E-state index contributed by atoms with van der Waals surface area (Å²) in [6, 6.07) is 13.8. The van der Waals surface area contributed by atoms with Gasteiger partial charge in [-0.25, -0.2) is 0 Å². The van der Waals surface area contributed by atoms with Gasteiger partial charge in [0.1, 0.15) is 6.42 Å². The third-order valence-corrected chi connectivity index (χ3v) is 5.20. The van der Waals surface area contributed by atoms with Crippen molar-refractivity contribution in [1.82, 2.24) is 10.7 Å². The van der Waals surface area contributed by atoms with Gasteiger partial charge in [0.05, 0.1) is 11.4 Å². The number of methoxy groups -OCH3 is 1. The van der Waals surface area contributed by atoms with E-state index in [1.165, 1.54) is 5.56 Å². The van der Waals surface area contributed by atoms with Gasteiger partial charge in [0.25, 0.3) is 0 Å². The lowest BCUT2D eigenvalue weighted by atomic mass is 9.97. The van der Waals surface area contributed by atoms with E-state index < -0.39 is 0 Å². The number of ether oxygens (including phenoxy) is 1. The van der Waals surface area contributed by atoms with Crippen molar-refractivity contribution in [1.29, 1.82) is 0 Å². The summed E-state index contributed by atoms with van der Waals surface area (Å²) in [6.07, 6.45) is 3.61. The van der Waals surface area contributed by atoms with Crippen LogP contribution in [0, 0.1) is 5.41 Å². The Bertz CT molecular complexity index is 1030. The standard InChI is InChI=1S/C26H35N5O3/c1-26(2,3)17-27-24(32)15-25(33)30-20-10-8-19(9-11-20)29-23-16-28-31-22-14-18(6-5-13-34-4)7-12-21(22)23/h7-12,14,16,28-29,31H,5-6,13,15,17H2,1-4H3,(H,27,32)(H,30,33). The van der Waals surface area contributed by atoms with Gasteiger partial charge < -0.3 is 31.5 Å². The van der Waals surface area contributed by atoms with Crippen LogP contribution in [0.5, 0.6) is 0 Å². The molecule has 0 spiro atoms. The van der Waals surface area contributed by atoms with Gasteiger partial charge in [-0.1, -0.05) is 32.9 Å². The Hall–Kier alpha value is -3.52. The van der Waals surface area contributed by atoms with Gasteiger partial charge >= 0.3 is 0 Å². The van der Waals surface area contributed by atoms with Crippen LogP contribution in [0.4, 0.5) is 17.1 Å². The zero-order valence-corrected chi connectivity index (χ0v) is 20.4. The van der Waals surface area contributed by atoms with E-state index in [0.717, 1.165) is 42.1 Å². The molecule has 0 bridgehead atoms. The smallest absolute Gasteiger partial charge is 0.233 e. The fourth-order valence-corrected chi connectivity index (χ4v) is 3.44. The second-order valence-electron chi connectivity index (χ2n) is 9.57. The number of hydrazine groups is 1. The minimum Gasteiger partial charge on any atom is -0.385 e. The lowest BCUT2D eigenvalue weighted by Crippen LogP contribution is -2.34. The average molecular weight is 466 g/mol. The highest BCUT2D eigenvalue weighted by atomic mass is 16.5. The predicted octanol–water partition coefficient (Wildman–Crippen LogP) is 4.10. The SMILES string of the molecule is COCCCc1ccc2c(c1)NNC=C2Nc1ccc(NC(=O)CC(=O)NCC(C)(C)C)cc1. The lowest BCUT2D eigenvalue weighted by molar-refractivity contribution is -0.127. The first-order chi connectivity index (χ1) is 16.2. The van der Waals surface area contributed by atoms with E-state index in [0.29, 0.717) is 12.2 Å². The predicted molar refractivity (Wildman–Crippen MR) is 137 cm³/mol. The summed E-state index contributed by atoms with van der Waals surface area (Å²) in [5.74, 6) is -0.621. The number of amides is 2. The van der Waals surface area contributed by atoms with Gasteiger partial charge in [-0.2, -0.15) is 0 Å². The van der Waals surface area contributed by atoms with Crippen molar-refractivity contribution >= 4 is 34.6 Å². The summed E-state index contributed by atoms with van der Waals surface area (Å²) in [6.45, 7) is 7.35. The molecular weight excluding hydrogens is 430 g/mol. The third kappa shape index (κ3) is 7.81. The number of nitrogens with one attached hydrogen (secondary N) is 5. The van der Waals surface area contributed by atoms with Crippen LogP contribution in [0.3, 0.4) is 0 Å². The summed E-state index contributed by atoms with van der Waals surface area (Å²) >= 11 is 0. The van der Waals surface area contributed by atoms with Gasteiger partial charge in [-0.05, 0) is 54.2 Å². The highest BCUT2D eigenvalue weighted by Crippen LogP contribution is 2.29. The van der Waals surface area contributed by atoms with Crippen LogP contribution < -0.4 is 26.8 Å². The van der Waals surface area contributed by atoms with Crippen LogP contribution in [0.2, 0.25) is 0 Å². The van der Waals surface area contributed by atoms with Crippen molar-refractivity contribution < 1.29 is 14.3 Å². The van der Waals surface area contributed by atoms with Crippen molar-refractivity contribution in [2.75, 3.05) is 36.3 Å². The van der Waals surface area contributed by atoms with Gasteiger partial charge in [-0.3, -0.25) is 9.59 Å². The molecule has 5 N–H and O–H groups in total. The van der Waals surface area contributed by atoms with Crippen LogP contribution >= 0.6 is 0 Å². The molecule has 34 heavy (non-hydrogen) atoms. The number of hydrogen-bond acceptors (Lipinski definition) is 6. The van der Waals surface area contributed by atoms with Gasteiger partial charge in [0.2, 0.25) is 11.8 Å². The third-order valence-electron chi connectivity index (χ3n) is 5.20. The largest absolute Gasteiger partial charge is 0.385 e. The Balaban J connectivity index is 1.54. The molecule has 1 aliphatic heterocycles. The first kappa shape index (κ1) is 25.1. The maximum atomic E-state index is 12.2. The normalized spacial score (nSPS) is 12.5. The zero-order chi connectivity index (χ0) is 24.6. The molecule has 182 valence electrons. The first-order valence-electron chi connectivity index (χ1n) is 11.5. The molecule has 2 aromatic rings. The molecule has 0 unspecified atom stereocenters. The maximum Gasteiger partial charge on any atom is 0.233 e. The van der Waals surface area contributed by atoms with E-state index in [-0.39, 0.29) is 23.7 Å². The van der Waals surface area contributed by atoms with E-state index in [2.05, 4.69) is 45.0 Å². The number of rotatable bonds is 10. The average Bonchev–Trinajstić information content (AvgIpc) is 2.79. The summed E-state index contributed by atoms with van der Waals surface area (Å²) in [4.78, 5) is 24.1. The van der Waals surface area contributed by atoms with Crippen molar-refractivity contribution in [3.63, 3.8) is 0 Å². The summed E-state index contributed by atoms with van der Waals surface area (Å²) < 4.78 is 5.14. The molecule has 0 saturated carbocycles. The molecule has 0 atom stereocenters. The van der Waals surface area contributed by atoms with Crippen LogP contribution in [0.15, 0.2) is 48.7 Å². The zero-order valence-electron chi connectivity index (χ0n) is 20.4. The second kappa shape index (κ2) is 11.6. The molecule has 0 fully saturated rings. The molecule has 0 saturated heterocycles. The van der Waals surface area contributed by atoms with Crippen molar-refractivity contribution in [3.05, 3.63) is 59.8 Å². The maximum absolute atomic E-state index is 12.2. The molecule has 0 radical (unpaired) electrons.